The van der Waals surface area contributed by atoms with Gasteiger partial charge in [0.25, 0.3) is 11.8 Å². The molecule has 7 nitrogen and oxygen atoms in total. The molecule has 2 heterocycles. The van der Waals surface area contributed by atoms with Gasteiger partial charge in [-0.3, -0.25) is 19.5 Å². The fourth-order valence-electron chi connectivity index (χ4n) is 2.21. The molecule has 1 aliphatic heterocycles. The SMILES string of the molecule is [N-]=[N+]=Nc1ccnc(CN2C(=O)c3ccccc3C2=O)c1. The molecule has 0 unspecified atom stereocenters. The Bertz CT molecular complexity index is 760. The summed E-state index contributed by atoms with van der Waals surface area (Å²) in [6.07, 6.45) is 1.47. The van der Waals surface area contributed by atoms with E-state index in [2.05, 4.69) is 15.0 Å². The Morgan fingerprint density at radius 1 is 1.14 bits per heavy atom. The van der Waals surface area contributed by atoms with Gasteiger partial charge in [0, 0.05) is 16.8 Å². The predicted octanol–water partition coefficient (Wildman–Crippen LogP) is 2.82. The molecule has 0 bridgehead atoms. The summed E-state index contributed by atoms with van der Waals surface area (Å²) in [5.41, 5.74) is 10.1. The first-order valence-corrected chi connectivity index (χ1v) is 6.16. The van der Waals surface area contributed by atoms with Crippen LogP contribution in [0.2, 0.25) is 0 Å². The average molecular weight is 279 g/mol. The molecule has 1 aromatic heterocycles. The number of nitrogens with zero attached hydrogens (tertiary/aromatic N) is 5. The van der Waals surface area contributed by atoms with Crippen LogP contribution in [0.25, 0.3) is 10.4 Å². The van der Waals surface area contributed by atoms with E-state index in [9.17, 15) is 9.59 Å². The van der Waals surface area contributed by atoms with Crippen LogP contribution < -0.4 is 0 Å². The number of fused-ring (bicyclic) bond motifs is 1. The smallest absolute Gasteiger partial charge is 0.261 e. The number of aromatic nitrogens is 1. The Balaban J connectivity index is 1.90. The Hall–Kier alpha value is -3.18. The van der Waals surface area contributed by atoms with Crippen LogP contribution in [-0.2, 0) is 6.54 Å². The average Bonchev–Trinajstić information content (AvgIpc) is 2.74. The van der Waals surface area contributed by atoms with Crippen molar-refractivity contribution < 1.29 is 9.59 Å². The summed E-state index contributed by atoms with van der Waals surface area (Å²) in [5.74, 6) is -0.682. The number of hydrogen-bond acceptors (Lipinski definition) is 4. The zero-order chi connectivity index (χ0) is 14.8. The highest BCUT2D eigenvalue weighted by atomic mass is 16.2. The zero-order valence-corrected chi connectivity index (χ0v) is 10.8. The highest BCUT2D eigenvalue weighted by Crippen LogP contribution is 2.24. The van der Waals surface area contributed by atoms with E-state index >= 15 is 0 Å². The van der Waals surface area contributed by atoms with Crippen molar-refractivity contribution in [2.45, 2.75) is 6.54 Å². The lowest BCUT2D eigenvalue weighted by molar-refractivity contribution is 0.0640. The van der Waals surface area contributed by atoms with Crippen molar-refractivity contribution >= 4 is 17.5 Å². The van der Waals surface area contributed by atoms with Crippen molar-refractivity contribution in [3.63, 3.8) is 0 Å². The van der Waals surface area contributed by atoms with Crippen LogP contribution in [0.15, 0.2) is 47.7 Å². The van der Waals surface area contributed by atoms with Crippen LogP contribution in [0.1, 0.15) is 26.4 Å². The van der Waals surface area contributed by atoms with Crippen molar-refractivity contribution in [2.24, 2.45) is 5.11 Å². The van der Waals surface area contributed by atoms with E-state index in [1.807, 2.05) is 0 Å². The number of azide groups is 1. The predicted molar refractivity (Wildman–Crippen MR) is 73.7 cm³/mol. The molecule has 7 heteroatoms. The molecule has 2 aromatic rings. The first kappa shape index (κ1) is 12.8. The van der Waals surface area contributed by atoms with Gasteiger partial charge >= 0.3 is 0 Å². The van der Waals surface area contributed by atoms with Crippen molar-refractivity contribution in [3.8, 4) is 0 Å². The summed E-state index contributed by atoms with van der Waals surface area (Å²) < 4.78 is 0. The molecule has 0 atom stereocenters. The maximum absolute atomic E-state index is 12.2. The summed E-state index contributed by atoms with van der Waals surface area (Å²) in [6.45, 7) is 0.0428. The van der Waals surface area contributed by atoms with Gasteiger partial charge in [0.15, 0.2) is 0 Å². The van der Waals surface area contributed by atoms with Crippen molar-refractivity contribution in [1.29, 1.82) is 0 Å². The molecule has 3 rings (SSSR count). The van der Waals surface area contributed by atoms with Crippen molar-refractivity contribution in [3.05, 3.63) is 69.9 Å². The van der Waals surface area contributed by atoms with Gasteiger partial charge in [0.05, 0.1) is 23.4 Å². The molecule has 102 valence electrons. The summed E-state index contributed by atoms with van der Waals surface area (Å²) in [7, 11) is 0. The van der Waals surface area contributed by atoms with E-state index < -0.39 is 0 Å². The van der Waals surface area contributed by atoms with E-state index in [1.165, 1.54) is 6.20 Å². The Morgan fingerprint density at radius 2 is 1.81 bits per heavy atom. The lowest BCUT2D eigenvalue weighted by atomic mass is 10.1. The quantitative estimate of drug-likeness (QED) is 0.373. The molecular weight excluding hydrogens is 270 g/mol. The molecule has 0 saturated heterocycles. The molecule has 21 heavy (non-hydrogen) atoms. The van der Waals surface area contributed by atoms with Gasteiger partial charge in [-0.1, -0.05) is 17.2 Å². The molecule has 1 aliphatic rings. The standard InChI is InChI=1S/C14H9N5O2/c15-18-17-9-5-6-16-10(7-9)8-19-13(20)11-3-1-2-4-12(11)14(19)21/h1-7H,8H2. The summed E-state index contributed by atoms with van der Waals surface area (Å²) >= 11 is 0. The minimum absolute atomic E-state index is 0.0428. The number of imide groups is 1. The van der Waals surface area contributed by atoms with Crippen LogP contribution in [0.3, 0.4) is 0 Å². The topological polar surface area (TPSA) is 99.0 Å². The molecule has 0 saturated carbocycles. The Kier molecular flexibility index (Phi) is 3.10. The van der Waals surface area contributed by atoms with Gasteiger partial charge in [0.1, 0.15) is 0 Å². The molecule has 1 aromatic carbocycles. The normalized spacial score (nSPS) is 13.0. The Morgan fingerprint density at radius 3 is 2.43 bits per heavy atom. The van der Waals surface area contributed by atoms with Crippen LogP contribution in [0.4, 0.5) is 5.69 Å². The first-order valence-electron chi connectivity index (χ1n) is 6.16. The van der Waals surface area contributed by atoms with E-state index in [1.54, 1.807) is 36.4 Å². The third-order valence-corrected chi connectivity index (χ3v) is 3.16. The number of rotatable bonds is 3. The number of benzene rings is 1. The highest BCUT2D eigenvalue weighted by molar-refractivity contribution is 6.21. The Labute approximate surface area is 119 Å². The third-order valence-electron chi connectivity index (χ3n) is 3.16. The lowest BCUT2D eigenvalue weighted by Gasteiger charge is -2.13. The van der Waals surface area contributed by atoms with E-state index in [4.69, 9.17) is 5.53 Å². The molecule has 0 radical (unpaired) electrons. The van der Waals surface area contributed by atoms with Gasteiger partial charge in [0.2, 0.25) is 0 Å². The summed E-state index contributed by atoms with van der Waals surface area (Å²) in [6, 6.07) is 9.77. The molecule has 0 spiro atoms. The van der Waals surface area contributed by atoms with Crippen LogP contribution in [0.5, 0.6) is 0 Å². The molecule has 0 fully saturated rings. The molecule has 0 N–H and O–H groups in total. The van der Waals surface area contributed by atoms with Gasteiger partial charge in [-0.15, -0.1) is 0 Å². The second kappa shape index (κ2) is 5.07. The molecular formula is C14H9N5O2. The fraction of sp³-hybridized carbons (Fsp3) is 0.0714. The second-order valence-corrected chi connectivity index (χ2v) is 4.44. The molecule has 0 aliphatic carbocycles. The van der Waals surface area contributed by atoms with Gasteiger partial charge < -0.3 is 0 Å². The largest absolute Gasteiger partial charge is 0.269 e. The van der Waals surface area contributed by atoms with Gasteiger partial charge in [-0.05, 0) is 29.8 Å². The first-order chi connectivity index (χ1) is 10.2. The summed E-state index contributed by atoms with van der Waals surface area (Å²) in [5, 5.41) is 3.47. The fourth-order valence-corrected chi connectivity index (χ4v) is 2.21. The second-order valence-electron chi connectivity index (χ2n) is 4.44. The number of pyridine rings is 1. The van der Waals surface area contributed by atoms with E-state index in [-0.39, 0.29) is 18.4 Å². The van der Waals surface area contributed by atoms with Crippen LogP contribution in [-0.4, -0.2) is 21.7 Å². The lowest BCUT2D eigenvalue weighted by Crippen LogP contribution is -2.29. The zero-order valence-electron chi connectivity index (χ0n) is 10.8. The third kappa shape index (κ3) is 2.22. The molecule has 2 amide bonds. The maximum atomic E-state index is 12.2. The van der Waals surface area contributed by atoms with E-state index in [0.29, 0.717) is 22.5 Å². The summed E-state index contributed by atoms with van der Waals surface area (Å²) in [4.78, 5) is 32.3. The highest BCUT2D eigenvalue weighted by Gasteiger charge is 2.35. The van der Waals surface area contributed by atoms with Crippen LogP contribution >= 0.6 is 0 Å². The van der Waals surface area contributed by atoms with Crippen molar-refractivity contribution in [1.82, 2.24) is 9.88 Å². The monoisotopic (exact) mass is 279 g/mol. The van der Waals surface area contributed by atoms with Crippen LogP contribution in [0, 0.1) is 0 Å². The van der Waals surface area contributed by atoms with Gasteiger partial charge in [-0.25, -0.2) is 0 Å². The minimum atomic E-state index is -0.341. The van der Waals surface area contributed by atoms with Gasteiger partial charge in [-0.2, -0.15) is 0 Å². The number of amides is 2. The van der Waals surface area contributed by atoms with E-state index in [0.717, 1.165) is 4.90 Å². The number of carbonyl (C=O) groups is 2. The van der Waals surface area contributed by atoms with Crippen molar-refractivity contribution in [2.75, 3.05) is 0 Å². The minimum Gasteiger partial charge on any atom is -0.269 e. The number of carbonyl (C=O) groups excluding carboxylic acids is 2. The number of hydrogen-bond donors (Lipinski definition) is 0. The maximum Gasteiger partial charge on any atom is 0.261 e.